The van der Waals surface area contributed by atoms with E-state index in [1.807, 2.05) is 34.1 Å². The molecule has 0 N–H and O–H groups in total. The third kappa shape index (κ3) is 6.11. The summed E-state index contributed by atoms with van der Waals surface area (Å²) >= 11 is 0. The Balaban J connectivity index is 1.48. The van der Waals surface area contributed by atoms with Crippen molar-refractivity contribution in [2.24, 2.45) is 5.92 Å². The molecule has 2 aromatic rings. The fourth-order valence-electron chi connectivity index (χ4n) is 4.87. The van der Waals surface area contributed by atoms with E-state index in [2.05, 4.69) is 36.9 Å². The normalized spacial score (nSPS) is 21.2. The Morgan fingerprint density at radius 1 is 1.09 bits per heavy atom. The fraction of sp³-hybridized carbons (Fsp3) is 0.429. The largest absolute Gasteiger partial charge is 0.378 e. The van der Waals surface area contributed by atoms with Crippen LogP contribution in [-0.2, 0) is 20.7 Å². The van der Waals surface area contributed by atoms with Gasteiger partial charge in [-0.2, -0.15) is 0 Å². The van der Waals surface area contributed by atoms with Gasteiger partial charge in [0.05, 0.1) is 12.0 Å². The molecule has 0 spiro atoms. The van der Waals surface area contributed by atoms with Crippen LogP contribution >= 0.6 is 0 Å². The zero-order chi connectivity index (χ0) is 23.0. The number of nitrogens with zero attached hydrogens (tertiary/aromatic N) is 2. The molecule has 0 radical (unpaired) electrons. The highest BCUT2D eigenvalue weighted by Gasteiger charge is 2.32. The minimum Gasteiger partial charge on any atom is -0.378 e. The summed E-state index contributed by atoms with van der Waals surface area (Å²) < 4.78 is 5.69. The number of hydrogen-bond acceptors (Lipinski definition) is 3. The van der Waals surface area contributed by atoms with Crippen molar-refractivity contribution in [2.75, 3.05) is 32.8 Å². The first-order chi connectivity index (χ1) is 16.1. The molecule has 2 aliphatic heterocycles. The number of carbonyl (C=O) groups is 2. The highest BCUT2D eigenvalue weighted by atomic mass is 16.5. The van der Waals surface area contributed by atoms with Gasteiger partial charge in [-0.15, -0.1) is 6.58 Å². The van der Waals surface area contributed by atoms with Crippen LogP contribution in [0.15, 0.2) is 67.3 Å². The van der Waals surface area contributed by atoms with Gasteiger partial charge < -0.3 is 14.5 Å². The summed E-state index contributed by atoms with van der Waals surface area (Å²) in [6.45, 7) is 6.72. The van der Waals surface area contributed by atoms with Gasteiger partial charge in [0.25, 0.3) is 0 Å². The summed E-state index contributed by atoms with van der Waals surface area (Å²) in [5.74, 6) is -0.0265. The monoisotopic (exact) mass is 446 g/mol. The minimum absolute atomic E-state index is 0.106. The van der Waals surface area contributed by atoms with Crippen molar-refractivity contribution in [3.63, 3.8) is 0 Å². The van der Waals surface area contributed by atoms with E-state index in [4.69, 9.17) is 4.74 Å². The second-order valence-corrected chi connectivity index (χ2v) is 9.05. The van der Waals surface area contributed by atoms with E-state index in [-0.39, 0.29) is 23.8 Å². The Morgan fingerprint density at radius 3 is 2.67 bits per heavy atom. The molecule has 2 saturated heterocycles. The molecular weight excluding hydrogens is 412 g/mol. The van der Waals surface area contributed by atoms with E-state index in [9.17, 15) is 9.59 Å². The van der Waals surface area contributed by atoms with Crippen LogP contribution in [0.1, 0.15) is 31.2 Å². The van der Waals surface area contributed by atoms with Crippen molar-refractivity contribution in [3.05, 3.63) is 72.8 Å². The van der Waals surface area contributed by atoms with E-state index in [0.717, 1.165) is 42.6 Å². The molecule has 5 heteroatoms. The predicted octanol–water partition coefficient (Wildman–Crippen LogP) is 4.33. The molecule has 2 aliphatic rings. The number of ether oxygens (including phenoxy) is 1. The number of benzene rings is 2. The van der Waals surface area contributed by atoms with Crippen LogP contribution in [-0.4, -0.2) is 60.5 Å². The summed E-state index contributed by atoms with van der Waals surface area (Å²) in [4.78, 5) is 30.1. The maximum Gasteiger partial charge on any atom is 0.228 e. The van der Waals surface area contributed by atoms with Gasteiger partial charge in [-0.1, -0.05) is 60.7 Å². The van der Waals surface area contributed by atoms with Gasteiger partial charge in [-0.3, -0.25) is 9.59 Å². The van der Waals surface area contributed by atoms with E-state index in [1.54, 1.807) is 6.08 Å². The van der Waals surface area contributed by atoms with Gasteiger partial charge >= 0.3 is 0 Å². The Hall–Kier alpha value is -2.92. The maximum atomic E-state index is 13.4. The lowest BCUT2D eigenvalue weighted by molar-refractivity contribution is -0.134. The smallest absolute Gasteiger partial charge is 0.228 e. The molecule has 174 valence electrons. The van der Waals surface area contributed by atoms with Crippen molar-refractivity contribution < 1.29 is 14.3 Å². The molecule has 2 fully saturated rings. The summed E-state index contributed by atoms with van der Waals surface area (Å²) in [7, 11) is 0. The second-order valence-electron chi connectivity index (χ2n) is 9.05. The number of carbonyl (C=O) groups excluding carboxylic acids is 2. The zero-order valence-corrected chi connectivity index (χ0v) is 19.3. The first kappa shape index (κ1) is 23.2. The SMILES string of the molecule is C=CCN1CCN(C(=O)CC[C@H]2CCCO2)C[C@H](Cc2cccc(-c3ccccc3)c2)C1=O. The van der Waals surface area contributed by atoms with Gasteiger partial charge in [-0.05, 0) is 42.4 Å². The third-order valence-electron chi connectivity index (χ3n) is 6.66. The van der Waals surface area contributed by atoms with Crippen LogP contribution in [0.2, 0.25) is 0 Å². The quantitative estimate of drug-likeness (QED) is 0.567. The van der Waals surface area contributed by atoms with Gasteiger partial charge in [0.2, 0.25) is 11.8 Å². The Kier molecular flexibility index (Phi) is 7.95. The second kappa shape index (κ2) is 11.3. The molecule has 4 rings (SSSR count). The van der Waals surface area contributed by atoms with Gasteiger partial charge in [0.15, 0.2) is 0 Å². The number of rotatable bonds is 8. The minimum atomic E-state index is -0.259. The lowest BCUT2D eigenvalue weighted by atomic mass is 9.94. The summed E-state index contributed by atoms with van der Waals surface area (Å²) in [6.07, 6.45) is 5.95. The van der Waals surface area contributed by atoms with Gasteiger partial charge in [0, 0.05) is 39.2 Å². The van der Waals surface area contributed by atoms with Crippen LogP contribution in [0.4, 0.5) is 0 Å². The van der Waals surface area contributed by atoms with Crippen molar-refractivity contribution in [2.45, 2.75) is 38.2 Å². The Labute approximate surface area is 197 Å². The first-order valence-corrected chi connectivity index (χ1v) is 12.1. The molecule has 2 amide bonds. The summed E-state index contributed by atoms with van der Waals surface area (Å²) in [5.41, 5.74) is 3.41. The molecule has 2 aromatic carbocycles. The lowest BCUT2D eigenvalue weighted by Gasteiger charge is -2.24. The van der Waals surface area contributed by atoms with Gasteiger partial charge in [-0.25, -0.2) is 0 Å². The molecule has 0 aliphatic carbocycles. The van der Waals surface area contributed by atoms with Crippen molar-refractivity contribution in [1.82, 2.24) is 9.80 Å². The molecular formula is C28H34N2O3. The highest BCUT2D eigenvalue weighted by Crippen LogP contribution is 2.24. The van der Waals surface area contributed by atoms with Crippen LogP contribution in [0.3, 0.4) is 0 Å². The number of amides is 2. The maximum absolute atomic E-state index is 13.4. The molecule has 0 unspecified atom stereocenters. The average molecular weight is 447 g/mol. The van der Waals surface area contributed by atoms with E-state index in [1.165, 1.54) is 0 Å². The average Bonchev–Trinajstić information content (AvgIpc) is 3.32. The summed E-state index contributed by atoms with van der Waals surface area (Å²) in [6, 6.07) is 18.6. The fourth-order valence-corrected chi connectivity index (χ4v) is 4.87. The molecule has 0 saturated carbocycles. The zero-order valence-electron chi connectivity index (χ0n) is 19.3. The van der Waals surface area contributed by atoms with Crippen LogP contribution in [0.5, 0.6) is 0 Å². The van der Waals surface area contributed by atoms with Crippen molar-refractivity contribution >= 4 is 11.8 Å². The van der Waals surface area contributed by atoms with E-state index in [0.29, 0.717) is 39.0 Å². The molecule has 0 aromatic heterocycles. The van der Waals surface area contributed by atoms with E-state index < -0.39 is 0 Å². The lowest BCUT2D eigenvalue weighted by Crippen LogP contribution is -2.38. The molecule has 5 nitrogen and oxygen atoms in total. The van der Waals surface area contributed by atoms with Gasteiger partial charge in [0.1, 0.15) is 0 Å². The van der Waals surface area contributed by atoms with E-state index >= 15 is 0 Å². The Bertz CT molecular complexity index is 953. The molecule has 33 heavy (non-hydrogen) atoms. The van der Waals surface area contributed by atoms with Crippen LogP contribution < -0.4 is 0 Å². The third-order valence-corrected chi connectivity index (χ3v) is 6.66. The predicted molar refractivity (Wildman–Crippen MR) is 131 cm³/mol. The Morgan fingerprint density at radius 2 is 1.91 bits per heavy atom. The standard InChI is InChI=1S/C28H34N2O3/c1-2-15-29-16-17-30(27(31)14-13-26-12-7-18-33-26)21-25(28(29)32)20-22-8-6-11-24(19-22)23-9-4-3-5-10-23/h2-6,8-11,19,25-26H,1,7,12-18,20-21H2/t25-,26+/m0/s1. The molecule has 0 bridgehead atoms. The van der Waals surface area contributed by atoms with Crippen LogP contribution in [0, 0.1) is 5.92 Å². The van der Waals surface area contributed by atoms with Crippen molar-refractivity contribution in [1.29, 1.82) is 0 Å². The van der Waals surface area contributed by atoms with Crippen LogP contribution in [0.25, 0.3) is 11.1 Å². The highest BCUT2D eigenvalue weighted by molar-refractivity contribution is 5.82. The topological polar surface area (TPSA) is 49.9 Å². The summed E-state index contributed by atoms with van der Waals surface area (Å²) in [5, 5.41) is 0. The first-order valence-electron chi connectivity index (χ1n) is 12.1. The number of hydrogen-bond donors (Lipinski definition) is 0. The van der Waals surface area contributed by atoms with Crippen molar-refractivity contribution in [3.8, 4) is 11.1 Å². The molecule has 2 heterocycles. The molecule has 2 atom stereocenters.